The predicted octanol–water partition coefficient (Wildman–Crippen LogP) is 3.65. The number of nitrogens with one attached hydrogen (secondary N) is 2. The molecule has 11 nitrogen and oxygen atoms in total. The number of piperidine rings is 1. The Morgan fingerprint density at radius 2 is 1.90 bits per heavy atom. The summed E-state index contributed by atoms with van der Waals surface area (Å²) < 4.78 is 7.12. The number of anilines is 4. The Morgan fingerprint density at radius 1 is 1.08 bits per heavy atom. The minimum Gasteiger partial charge on any atom is -0.493 e. The van der Waals surface area contributed by atoms with E-state index in [1.165, 1.54) is 5.56 Å². The number of nitrogens with zero attached hydrogens (tertiary/aromatic N) is 5. The number of hydrogen-bond donors (Lipinski definition) is 4. The van der Waals surface area contributed by atoms with Crippen molar-refractivity contribution in [1.82, 2.24) is 19.4 Å². The SMILES string of the molecule is NC(=O)c1ncc(N2CCC[C@@H](Nc3ccc4nccn4c3O)C2)nc1Nc1ccc(C2CCOCC2)cc1. The Bertz CT molecular complexity index is 1470. The van der Waals surface area contributed by atoms with E-state index in [2.05, 4.69) is 37.6 Å². The molecule has 11 heteroatoms. The fourth-order valence-electron chi connectivity index (χ4n) is 5.42. The van der Waals surface area contributed by atoms with Crippen LogP contribution in [0.3, 0.4) is 0 Å². The van der Waals surface area contributed by atoms with E-state index in [1.54, 1.807) is 23.0 Å². The fraction of sp³-hybridized carbons (Fsp3) is 0.357. The van der Waals surface area contributed by atoms with Gasteiger partial charge in [0.1, 0.15) is 11.5 Å². The molecule has 2 saturated heterocycles. The van der Waals surface area contributed by atoms with Crippen LogP contribution >= 0.6 is 0 Å². The van der Waals surface area contributed by atoms with Gasteiger partial charge in [-0.05, 0) is 61.4 Å². The zero-order valence-electron chi connectivity index (χ0n) is 21.6. The number of aromatic nitrogens is 4. The molecule has 0 spiro atoms. The van der Waals surface area contributed by atoms with Crippen molar-refractivity contribution in [3.63, 3.8) is 0 Å². The highest BCUT2D eigenvalue weighted by Gasteiger charge is 2.24. The van der Waals surface area contributed by atoms with E-state index in [0.717, 1.165) is 51.1 Å². The third kappa shape index (κ3) is 5.30. The minimum atomic E-state index is -0.640. The van der Waals surface area contributed by atoms with Crippen molar-refractivity contribution >= 4 is 34.6 Å². The van der Waals surface area contributed by atoms with Gasteiger partial charge in [-0.3, -0.25) is 9.20 Å². The van der Waals surface area contributed by atoms with Gasteiger partial charge in [0.15, 0.2) is 11.5 Å². The van der Waals surface area contributed by atoms with Crippen molar-refractivity contribution in [2.45, 2.75) is 37.6 Å². The Labute approximate surface area is 226 Å². The number of fused-ring (bicyclic) bond motifs is 1. The summed E-state index contributed by atoms with van der Waals surface area (Å²) in [6.45, 7) is 3.05. The second kappa shape index (κ2) is 10.8. The van der Waals surface area contributed by atoms with Crippen molar-refractivity contribution in [3.05, 3.63) is 66.2 Å². The lowest BCUT2D eigenvalue weighted by Gasteiger charge is -2.34. The highest BCUT2D eigenvalue weighted by Crippen LogP contribution is 2.30. The topological polar surface area (TPSA) is 143 Å². The van der Waals surface area contributed by atoms with Crippen LogP contribution in [0.1, 0.15) is 47.7 Å². The maximum atomic E-state index is 12.1. The van der Waals surface area contributed by atoms with Gasteiger partial charge in [0.05, 0.1) is 11.9 Å². The van der Waals surface area contributed by atoms with E-state index in [9.17, 15) is 9.90 Å². The Morgan fingerprint density at radius 3 is 2.69 bits per heavy atom. The van der Waals surface area contributed by atoms with E-state index in [1.807, 2.05) is 24.3 Å². The Hall–Kier alpha value is -4.38. The molecule has 1 aromatic carbocycles. The third-order valence-corrected chi connectivity index (χ3v) is 7.50. The molecule has 202 valence electrons. The van der Waals surface area contributed by atoms with Crippen molar-refractivity contribution in [2.75, 3.05) is 41.8 Å². The van der Waals surface area contributed by atoms with Crippen molar-refractivity contribution in [1.29, 1.82) is 0 Å². The molecule has 5 heterocycles. The lowest BCUT2D eigenvalue weighted by atomic mass is 9.92. The highest BCUT2D eigenvalue weighted by molar-refractivity contribution is 5.96. The van der Waals surface area contributed by atoms with Gasteiger partial charge in [0.25, 0.3) is 5.91 Å². The largest absolute Gasteiger partial charge is 0.493 e. The maximum Gasteiger partial charge on any atom is 0.271 e. The smallest absolute Gasteiger partial charge is 0.271 e. The van der Waals surface area contributed by atoms with Crippen LogP contribution < -0.4 is 21.3 Å². The molecule has 2 aliphatic rings. The monoisotopic (exact) mass is 528 g/mol. The molecule has 2 fully saturated rings. The molecule has 0 radical (unpaired) electrons. The van der Waals surface area contributed by atoms with Gasteiger partial charge in [-0.25, -0.2) is 15.0 Å². The maximum absolute atomic E-state index is 12.1. The Balaban J connectivity index is 1.18. The molecule has 4 aromatic rings. The molecular formula is C28H32N8O3. The summed E-state index contributed by atoms with van der Waals surface area (Å²) in [6, 6.07) is 12.0. The first kappa shape index (κ1) is 24.9. The van der Waals surface area contributed by atoms with E-state index in [-0.39, 0.29) is 17.6 Å². The number of pyridine rings is 1. The summed E-state index contributed by atoms with van der Waals surface area (Å²) in [5.41, 5.74) is 9.14. The summed E-state index contributed by atoms with van der Waals surface area (Å²) in [6.07, 6.45) is 8.90. The molecular weight excluding hydrogens is 496 g/mol. The van der Waals surface area contributed by atoms with Gasteiger partial charge < -0.3 is 31.1 Å². The standard InChI is InChI=1S/C28H32N8O3/c29-26(37)25-27(33-20-5-3-18(4-6-20)19-9-14-39-15-10-19)34-24(16-31-25)35-12-1-2-21(17-35)32-22-7-8-23-30-11-13-36(23)28(22)38/h3-8,11,13,16,19,21,32,38H,1-2,9-10,12,14-15,17H2,(H2,29,37)(H,33,34)/t21-/m1/s1. The van der Waals surface area contributed by atoms with Crippen molar-refractivity contribution in [3.8, 4) is 5.88 Å². The van der Waals surface area contributed by atoms with Crippen LogP contribution in [0, 0.1) is 0 Å². The van der Waals surface area contributed by atoms with Gasteiger partial charge >= 0.3 is 0 Å². The number of benzene rings is 1. The molecule has 5 N–H and O–H groups in total. The number of ether oxygens (including phenoxy) is 1. The first-order valence-corrected chi connectivity index (χ1v) is 13.3. The number of carbonyl (C=O) groups is 1. The Kier molecular flexibility index (Phi) is 6.89. The van der Waals surface area contributed by atoms with Gasteiger partial charge in [-0.15, -0.1) is 0 Å². The van der Waals surface area contributed by atoms with E-state index < -0.39 is 5.91 Å². The molecule has 6 rings (SSSR count). The van der Waals surface area contributed by atoms with E-state index >= 15 is 0 Å². The summed E-state index contributed by atoms with van der Waals surface area (Å²) >= 11 is 0. The average molecular weight is 529 g/mol. The highest BCUT2D eigenvalue weighted by atomic mass is 16.5. The van der Waals surface area contributed by atoms with Crippen LogP contribution in [0.25, 0.3) is 5.65 Å². The summed E-state index contributed by atoms with van der Waals surface area (Å²) in [5.74, 6) is 0.974. The van der Waals surface area contributed by atoms with Crippen LogP contribution in [0.4, 0.5) is 23.0 Å². The molecule has 39 heavy (non-hydrogen) atoms. The number of carbonyl (C=O) groups excluding carboxylic acids is 1. The van der Waals surface area contributed by atoms with E-state index in [0.29, 0.717) is 35.4 Å². The molecule has 0 aliphatic carbocycles. The second-order valence-corrected chi connectivity index (χ2v) is 10.1. The minimum absolute atomic E-state index is 0.0809. The van der Waals surface area contributed by atoms with Crippen LogP contribution in [0.2, 0.25) is 0 Å². The zero-order valence-corrected chi connectivity index (χ0v) is 21.6. The number of rotatable bonds is 7. The molecule has 1 atom stereocenters. The van der Waals surface area contributed by atoms with Crippen molar-refractivity contribution < 1.29 is 14.6 Å². The van der Waals surface area contributed by atoms with Crippen LogP contribution in [-0.2, 0) is 4.74 Å². The quantitative estimate of drug-likeness (QED) is 0.283. The number of aromatic hydroxyl groups is 1. The molecule has 0 bridgehead atoms. The second-order valence-electron chi connectivity index (χ2n) is 10.1. The first-order chi connectivity index (χ1) is 19.0. The van der Waals surface area contributed by atoms with E-state index in [4.69, 9.17) is 15.5 Å². The fourth-order valence-corrected chi connectivity index (χ4v) is 5.42. The predicted molar refractivity (Wildman–Crippen MR) is 149 cm³/mol. The number of nitrogens with two attached hydrogens (primary N) is 1. The van der Waals surface area contributed by atoms with Gasteiger partial charge in [-0.1, -0.05) is 12.1 Å². The number of hydrogen-bond acceptors (Lipinski definition) is 9. The molecule has 3 aromatic heterocycles. The first-order valence-electron chi connectivity index (χ1n) is 13.3. The lowest BCUT2D eigenvalue weighted by molar-refractivity contribution is 0.0853. The van der Waals surface area contributed by atoms with Gasteiger partial charge in [0, 0.05) is 50.4 Å². The number of imidazole rings is 1. The third-order valence-electron chi connectivity index (χ3n) is 7.50. The number of primary amides is 1. The summed E-state index contributed by atoms with van der Waals surface area (Å²) in [4.78, 5) is 27.6. The van der Waals surface area contributed by atoms with Crippen molar-refractivity contribution in [2.24, 2.45) is 5.73 Å². The average Bonchev–Trinajstić information content (AvgIpc) is 3.45. The molecule has 0 unspecified atom stereocenters. The summed E-state index contributed by atoms with van der Waals surface area (Å²) in [7, 11) is 0. The zero-order chi connectivity index (χ0) is 26.8. The van der Waals surface area contributed by atoms with Crippen LogP contribution in [-0.4, -0.2) is 62.7 Å². The molecule has 2 aliphatic heterocycles. The normalized spacial score (nSPS) is 18.3. The lowest BCUT2D eigenvalue weighted by Crippen LogP contribution is -2.42. The van der Waals surface area contributed by atoms with Gasteiger partial charge in [0.2, 0.25) is 5.88 Å². The van der Waals surface area contributed by atoms with Crippen LogP contribution in [0.15, 0.2) is 55.0 Å². The van der Waals surface area contributed by atoms with Gasteiger partial charge in [-0.2, -0.15) is 0 Å². The summed E-state index contributed by atoms with van der Waals surface area (Å²) in [5, 5.41) is 17.4. The molecule has 1 amide bonds. The molecule has 0 saturated carbocycles. The van der Waals surface area contributed by atoms with Crippen LogP contribution in [0.5, 0.6) is 5.88 Å². The number of amides is 1.